The molecule has 8 bridgehead atoms. The Labute approximate surface area is 665 Å². The van der Waals surface area contributed by atoms with Gasteiger partial charge in [-0.05, 0) is 167 Å². The van der Waals surface area contributed by atoms with Crippen molar-refractivity contribution in [3.63, 3.8) is 0 Å². The summed E-state index contributed by atoms with van der Waals surface area (Å²) in [6.07, 6.45) is 13.5. The molecule has 0 spiro atoms. The van der Waals surface area contributed by atoms with Gasteiger partial charge in [-0.1, -0.05) is 33.7 Å². The number of rotatable bonds is 2. The maximum absolute atomic E-state index is 14.5. The Hall–Kier alpha value is -13.4. The van der Waals surface area contributed by atoms with Gasteiger partial charge in [-0.3, -0.25) is 0 Å². The van der Waals surface area contributed by atoms with E-state index in [1.807, 2.05) is 97.1 Å². The highest BCUT2D eigenvalue weighted by Gasteiger charge is 2.29. The molecule has 6 N–H and O–H groups in total. The monoisotopic (exact) mass is 1560 g/mol. The van der Waals surface area contributed by atoms with Gasteiger partial charge in [0.05, 0.1) is 92.4 Å². The molecular formula is C85H94F4N22O4. The zero-order chi connectivity index (χ0) is 81.1. The van der Waals surface area contributed by atoms with Crippen molar-refractivity contribution in [3.05, 3.63) is 250 Å². The number of nitrogens with one attached hydrogen (secondary N) is 6. The van der Waals surface area contributed by atoms with Crippen molar-refractivity contribution in [1.82, 2.24) is 79.7 Å². The lowest BCUT2D eigenvalue weighted by atomic mass is 10.0. The van der Waals surface area contributed by atoms with Gasteiger partial charge in [0.1, 0.15) is 94.0 Å². The summed E-state index contributed by atoms with van der Waals surface area (Å²) in [5, 5.41) is 37.1. The topological polar surface area (TPSA) is 245 Å². The lowest BCUT2D eigenvalue weighted by Gasteiger charge is -2.30. The van der Waals surface area contributed by atoms with Gasteiger partial charge in [0.25, 0.3) is 0 Å². The van der Waals surface area contributed by atoms with Crippen molar-refractivity contribution in [1.29, 1.82) is 0 Å². The van der Waals surface area contributed by atoms with E-state index in [1.54, 1.807) is 93.2 Å². The van der Waals surface area contributed by atoms with E-state index in [1.165, 1.54) is 24.3 Å². The molecule has 12 aromatic rings. The van der Waals surface area contributed by atoms with Crippen LogP contribution < -0.4 is 60.6 Å². The lowest BCUT2D eigenvalue weighted by molar-refractivity contribution is 0.220. The van der Waals surface area contributed by atoms with Crippen molar-refractivity contribution in [2.45, 2.75) is 152 Å². The fraction of sp³-hybridized carbons (Fsp3) is 0.318. The van der Waals surface area contributed by atoms with Gasteiger partial charge in [0, 0.05) is 101 Å². The first kappa shape index (κ1) is 81.1. The number of hydrogen-bond donors (Lipinski definition) is 6. The van der Waals surface area contributed by atoms with Crippen LogP contribution in [0.2, 0.25) is 0 Å². The average Bonchev–Trinajstić information content (AvgIpc) is 1.72. The molecule has 30 heteroatoms. The zero-order valence-corrected chi connectivity index (χ0v) is 65.5. The fourth-order valence-electron chi connectivity index (χ4n) is 13.8. The Bertz CT molecular complexity index is 5780. The molecule has 26 nitrogen and oxygen atoms in total. The molecule has 0 fully saturated rings. The largest absolute Gasteiger partial charge is 0.490 e. The number of fused-ring (bicyclic) bond motifs is 8. The highest BCUT2D eigenvalue weighted by Crippen LogP contribution is 2.41. The first-order valence-corrected chi connectivity index (χ1v) is 37.4. The van der Waals surface area contributed by atoms with Crippen LogP contribution in [0, 0.1) is 50.3 Å². The van der Waals surface area contributed by atoms with Crippen LogP contribution in [-0.4, -0.2) is 121 Å². The van der Waals surface area contributed by atoms with E-state index in [0.717, 1.165) is 56.2 Å². The Morgan fingerprint density at radius 1 is 0.417 bits per heavy atom. The summed E-state index contributed by atoms with van der Waals surface area (Å²) in [7, 11) is 0. The van der Waals surface area contributed by atoms with Crippen molar-refractivity contribution in [2.75, 3.05) is 46.6 Å². The quantitative estimate of drug-likeness (QED) is 0.0696. The first-order chi connectivity index (χ1) is 54.6. The van der Waals surface area contributed by atoms with E-state index >= 15 is 0 Å². The van der Waals surface area contributed by atoms with Gasteiger partial charge in [-0.2, -0.15) is 20.4 Å². The number of halogens is 4. The third-order valence-electron chi connectivity index (χ3n) is 20.0. The Morgan fingerprint density at radius 3 is 1.14 bits per heavy atom. The number of nitrogens with zero attached hydrogens (tertiary/aromatic N) is 16. The summed E-state index contributed by atoms with van der Waals surface area (Å²) in [5.41, 5.74) is 12.6. The highest BCUT2D eigenvalue weighted by atomic mass is 19.1. The average molecular weight is 1560 g/mol. The third kappa shape index (κ3) is 17.2. The molecule has 0 radical (unpaired) electrons. The summed E-state index contributed by atoms with van der Waals surface area (Å²) in [5.74, 6) is 3.45. The second-order valence-electron chi connectivity index (χ2n) is 29.0. The van der Waals surface area contributed by atoms with E-state index in [4.69, 9.17) is 42.1 Å². The zero-order valence-electron chi connectivity index (χ0n) is 65.5. The highest BCUT2D eigenvalue weighted by molar-refractivity contribution is 5.78. The van der Waals surface area contributed by atoms with Gasteiger partial charge < -0.3 is 60.6 Å². The number of hydrogen-bond acceptors (Lipinski definition) is 20. The van der Waals surface area contributed by atoms with Gasteiger partial charge in [0.15, 0.2) is 22.6 Å². The standard InChI is InChI=1S/C22H23FN6O.C22H26FN5O.C20H19FN6O.C20H22FN5O.CH4/c1-13(2)28-12-17-19(7-6-18(23)21(17)24-5)30-14(3)10-25-15(4)16-11-26-29-9-8-20(28)27-22(16)29;1-13(2)27-12-18-15(4)19(23)6-7-20(18)29-14(3)10-24-16(5)17-11-25-28-9-8-21(27)26-22(17)28;1-11-9-23-12(2)14-10-24-27-8-7-17(26-20(14)27)25-13(3)18-16(28-11)6-5-15(21)19(18)22-4;1-11-9-22-13(3)15-10-23-26-8-7-18(25-20(15)26)24-14(4)19-12(2)16(21)5-6-17(19)27-11;/h6-9,11,13-14,25H,4,10,12H2,1-3H3;6-9,11,13-14,24H,5,10,12H2,1-4H3;5-8,10-11,13,23H,2,9H2,1,3H3,(H,25,26);5-8,10-11,14,22H,3,9H2,1-2,4H3,(H,24,25);1H4/t2*14-;11-,13+;11-,14+;/m0000./s1. The van der Waals surface area contributed by atoms with Crippen LogP contribution in [0.25, 0.3) is 55.1 Å². The Kier molecular flexibility index (Phi) is 24.2. The SMILES string of the molecule is C.C=C1NC[C@H](C)Oc2ccc(F)c(C)c2CN(C(C)C)c2ccn3ncc1c3n2.C=C1NC[C@H](C)Oc2ccc(F)c(C)c2[C@@H](C)Nc2ccn3ncc1c3n2.[C-]#[N+]c1c(F)ccc2c1CN(C(C)C)c1ccn3ncc(c3n1)C(=C)NC[C@H](C)O2.[C-]#[N+]c1c(F)ccc2c1[C@@H](C)Nc1ccn3ncc(c3n1)C(=C)NC[C@H](C)O2. The summed E-state index contributed by atoms with van der Waals surface area (Å²) in [6.45, 7) is 57.6. The van der Waals surface area contributed by atoms with Gasteiger partial charge >= 0.3 is 0 Å². The first-order valence-electron chi connectivity index (χ1n) is 37.4. The fourth-order valence-corrected chi connectivity index (χ4v) is 13.8. The number of anilines is 4. The molecule has 4 aromatic carbocycles. The van der Waals surface area contributed by atoms with Crippen LogP contribution in [-0.2, 0) is 13.1 Å². The lowest BCUT2D eigenvalue weighted by Crippen LogP contribution is -2.32. The molecule has 8 aromatic heterocycles. The predicted molar refractivity (Wildman–Crippen MR) is 441 cm³/mol. The predicted octanol–water partition coefficient (Wildman–Crippen LogP) is 16.4. The Balaban J connectivity index is 0.000000141. The van der Waals surface area contributed by atoms with E-state index in [0.29, 0.717) is 124 Å². The van der Waals surface area contributed by atoms with Crippen molar-refractivity contribution >= 4 is 80.0 Å². The number of benzene rings is 4. The van der Waals surface area contributed by atoms with Crippen LogP contribution in [0.5, 0.6) is 23.0 Å². The number of aromatic nitrogens is 12. The summed E-state index contributed by atoms with van der Waals surface area (Å²) < 4.78 is 88.7. The van der Waals surface area contributed by atoms with Crippen LogP contribution in [0.15, 0.2) is 149 Å². The van der Waals surface area contributed by atoms with Gasteiger partial charge in [0.2, 0.25) is 11.4 Å². The third-order valence-corrected chi connectivity index (χ3v) is 20.0. The molecule has 0 amide bonds. The molecule has 6 atom stereocenters. The summed E-state index contributed by atoms with van der Waals surface area (Å²) in [4.78, 5) is 30.0. The summed E-state index contributed by atoms with van der Waals surface area (Å²) in [6, 6.07) is 19.0. The molecule has 115 heavy (non-hydrogen) atoms. The minimum absolute atomic E-state index is 0. The minimum Gasteiger partial charge on any atom is -0.490 e. The second-order valence-corrected chi connectivity index (χ2v) is 29.0. The van der Waals surface area contributed by atoms with E-state index in [9.17, 15) is 17.6 Å². The van der Waals surface area contributed by atoms with Crippen LogP contribution >= 0.6 is 0 Å². The molecule has 0 aliphatic carbocycles. The van der Waals surface area contributed by atoms with E-state index in [2.05, 4.69) is 117 Å². The summed E-state index contributed by atoms with van der Waals surface area (Å²) >= 11 is 0. The maximum atomic E-state index is 14.5. The molecule has 0 unspecified atom stereocenters. The number of ether oxygens (including phenoxy) is 4. The molecule has 0 saturated carbocycles. The molecule has 4 aliphatic heterocycles. The van der Waals surface area contributed by atoms with Crippen LogP contribution in [0.1, 0.15) is 144 Å². The van der Waals surface area contributed by atoms with Crippen molar-refractivity contribution in [3.8, 4) is 23.0 Å². The van der Waals surface area contributed by atoms with Crippen molar-refractivity contribution < 1.29 is 36.5 Å². The van der Waals surface area contributed by atoms with E-state index < -0.39 is 17.7 Å². The molecule has 596 valence electrons. The smallest absolute Gasteiger partial charge is 0.230 e. The van der Waals surface area contributed by atoms with Crippen LogP contribution in [0.3, 0.4) is 0 Å². The molecular weight excluding hydrogens is 1470 g/mol. The van der Waals surface area contributed by atoms with Gasteiger partial charge in [-0.15, -0.1) is 0 Å². The van der Waals surface area contributed by atoms with E-state index in [-0.39, 0.29) is 79.5 Å². The molecule has 4 aliphatic rings. The van der Waals surface area contributed by atoms with Gasteiger partial charge in [-0.25, -0.2) is 65.2 Å². The molecule has 12 heterocycles. The van der Waals surface area contributed by atoms with Crippen LogP contribution in [0.4, 0.5) is 52.2 Å². The Morgan fingerprint density at radius 2 is 0.739 bits per heavy atom. The molecule has 0 saturated heterocycles. The van der Waals surface area contributed by atoms with Crippen molar-refractivity contribution in [2.24, 2.45) is 0 Å². The minimum atomic E-state index is -0.573. The normalized spacial score (nSPS) is 18.2. The second kappa shape index (κ2) is 34.3. The molecule has 16 rings (SSSR count). The maximum Gasteiger partial charge on any atom is 0.230 e.